The number of hydrogen-bond donors (Lipinski definition) is 1. The Morgan fingerprint density at radius 1 is 1.17 bits per heavy atom. The highest BCUT2D eigenvalue weighted by atomic mass is 32.1. The summed E-state index contributed by atoms with van der Waals surface area (Å²) in [4.78, 5) is 2.63. The highest BCUT2D eigenvalue weighted by Gasteiger charge is 2.09. The topological polar surface area (TPSA) is 26.0 Å². The quantitative estimate of drug-likeness (QED) is 0.821. The largest absolute Gasteiger partial charge is 0.323 e. The van der Waals surface area contributed by atoms with Gasteiger partial charge < -0.3 is 5.73 Å². The summed E-state index contributed by atoms with van der Waals surface area (Å²) in [6.07, 6.45) is 3.29. The Kier molecular flexibility index (Phi) is 4.56. The van der Waals surface area contributed by atoms with Gasteiger partial charge in [0.15, 0.2) is 0 Å². The van der Waals surface area contributed by atoms with E-state index < -0.39 is 0 Å². The summed E-state index contributed by atoms with van der Waals surface area (Å²) in [5.74, 6) is 0. The lowest BCUT2D eigenvalue weighted by molar-refractivity contribution is 0.648. The first-order valence-corrected chi connectivity index (χ1v) is 7.50. The van der Waals surface area contributed by atoms with Gasteiger partial charge in [0.25, 0.3) is 0 Å². The summed E-state index contributed by atoms with van der Waals surface area (Å²) in [5.41, 5.74) is 8.87. The zero-order valence-corrected chi connectivity index (χ0v) is 12.0. The van der Waals surface area contributed by atoms with Crippen LogP contribution in [0.2, 0.25) is 0 Å². The van der Waals surface area contributed by atoms with Crippen molar-refractivity contribution >= 4 is 11.3 Å². The number of thiophene rings is 1. The standard InChI is InChI=1S/C16H21NS/c1-3-6-14(17)16-10-9-15(18-16)13-8-5-7-12(4-2)11-13/h5,7-11,14H,3-4,6,17H2,1-2H3. The highest BCUT2D eigenvalue weighted by Crippen LogP contribution is 2.32. The van der Waals surface area contributed by atoms with Crippen molar-refractivity contribution in [3.63, 3.8) is 0 Å². The SMILES string of the molecule is CCCC(N)c1ccc(-c2cccc(CC)c2)s1. The van der Waals surface area contributed by atoms with Crippen molar-refractivity contribution in [1.29, 1.82) is 0 Å². The predicted molar refractivity (Wildman–Crippen MR) is 81.0 cm³/mol. The summed E-state index contributed by atoms with van der Waals surface area (Å²) in [7, 11) is 0. The van der Waals surface area contributed by atoms with Crippen LogP contribution >= 0.6 is 11.3 Å². The van der Waals surface area contributed by atoms with E-state index in [0.717, 1.165) is 19.3 Å². The van der Waals surface area contributed by atoms with Gasteiger partial charge >= 0.3 is 0 Å². The minimum Gasteiger partial charge on any atom is -0.323 e. The molecule has 0 saturated heterocycles. The Bertz CT molecular complexity index is 501. The van der Waals surface area contributed by atoms with Crippen LogP contribution in [-0.2, 0) is 6.42 Å². The molecular formula is C16H21NS. The maximum absolute atomic E-state index is 6.16. The number of rotatable bonds is 5. The van der Waals surface area contributed by atoms with Crippen LogP contribution in [0, 0.1) is 0 Å². The van der Waals surface area contributed by atoms with E-state index in [0.29, 0.717) is 0 Å². The number of aryl methyl sites for hydroxylation is 1. The molecule has 96 valence electrons. The second kappa shape index (κ2) is 6.17. The minimum absolute atomic E-state index is 0.197. The molecule has 0 aliphatic carbocycles. The van der Waals surface area contributed by atoms with E-state index >= 15 is 0 Å². The second-order valence-corrected chi connectivity index (χ2v) is 5.77. The van der Waals surface area contributed by atoms with Crippen molar-refractivity contribution in [3.05, 3.63) is 46.8 Å². The zero-order valence-electron chi connectivity index (χ0n) is 11.1. The van der Waals surface area contributed by atoms with Gasteiger partial charge in [0.2, 0.25) is 0 Å². The van der Waals surface area contributed by atoms with Gasteiger partial charge in [-0.3, -0.25) is 0 Å². The molecule has 1 aromatic carbocycles. The maximum atomic E-state index is 6.16. The second-order valence-electron chi connectivity index (χ2n) is 4.65. The molecule has 2 aromatic rings. The van der Waals surface area contributed by atoms with Crippen molar-refractivity contribution in [3.8, 4) is 10.4 Å². The van der Waals surface area contributed by atoms with Gasteiger partial charge in [0, 0.05) is 15.8 Å². The summed E-state index contributed by atoms with van der Waals surface area (Å²) in [5, 5.41) is 0. The molecule has 18 heavy (non-hydrogen) atoms. The van der Waals surface area contributed by atoms with Gasteiger partial charge in [-0.05, 0) is 36.1 Å². The number of benzene rings is 1. The molecular weight excluding hydrogens is 238 g/mol. The van der Waals surface area contributed by atoms with Crippen molar-refractivity contribution in [1.82, 2.24) is 0 Å². The molecule has 0 saturated carbocycles. The Morgan fingerprint density at radius 2 is 2.00 bits per heavy atom. The predicted octanol–water partition coefficient (Wildman–Crippen LogP) is 4.78. The van der Waals surface area contributed by atoms with Crippen LogP contribution in [0.4, 0.5) is 0 Å². The van der Waals surface area contributed by atoms with Crippen LogP contribution < -0.4 is 5.73 Å². The van der Waals surface area contributed by atoms with Gasteiger partial charge in [-0.15, -0.1) is 11.3 Å². The van der Waals surface area contributed by atoms with Crippen molar-refractivity contribution in [2.24, 2.45) is 5.73 Å². The fourth-order valence-corrected chi connectivity index (χ4v) is 3.15. The van der Waals surface area contributed by atoms with Gasteiger partial charge in [-0.2, -0.15) is 0 Å². The van der Waals surface area contributed by atoms with Gasteiger partial charge in [0.05, 0.1) is 0 Å². The smallest absolute Gasteiger partial charge is 0.0389 e. The summed E-state index contributed by atoms with van der Waals surface area (Å²) >= 11 is 1.83. The normalized spacial score (nSPS) is 12.6. The summed E-state index contributed by atoms with van der Waals surface area (Å²) in [6.45, 7) is 4.37. The third-order valence-corrected chi connectivity index (χ3v) is 4.48. The van der Waals surface area contributed by atoms with Crippen LogP contribution in [0.25, 0.3) is 10.4 Å². The Hall–Kier alpha value is -1.12. The Morgan fingerprint density at radius 3 is 2.72 bits per heavy atom. The number of nitrogens with two attached hydrogens (primary N) is 1. The fourth-order valence-electron chi connectivity index (χ4n) is 2.11. The number of hydrogen-bond acceptors (Lipinski definition) is 2. The molecule has 0 fully saturated rings. The molecule has 1 nitrogen and oxygen atoms in total. The van der Waals surface area contributed by atoms with Crippen LogP contribution in [-0.4, -0.2) is 0 Å². The van der Waals surface area contributed by atoms with E-state index in [1.54, 1.807) is 0 Å². The molecule has 2 heteroatoms. The first-order valence-electron chi connectivity index (χ1n) is 6.69. The van der Waals surface area contributed by atoms with Crippen molar-refractivity contribution in [2.45, 2.75) is 39.2 Å². The molecule has 2 N–H and O–H groups in total. The van der Waals surface area contributed by atoms with Crippen molar-refractivity contribution in [2.75, 3.05) is 0 Å². The fraction of sp³-hybridized carbons (Fsp3) is 0.375. The summed E-state index contributed by atoms with van der Waals surface area (Å²) < 4.78 is 0. The van der Waals surface area contributed by atoms with Crippen LogP contribution in [0.15, 0.2) is 36.4 Å². The van der Waals surface area contributed by atoms with Gasteiger partial charge in [-0.1, -0.05) is 44.5 Å². The molecule has 0 radical (unpaired) electrons. The molecule has 0 amide bonds. The molecule has 1 aromatic heterocycles. The van der Waals surface area contributed by atoms with E-state index in [1.165, 1.54) is 20.9 Å². The average molecular weight is 259 g/mol. The van der Waals surface area contributed by atoms with E-state index in [4.69, 9.17) is 5.73 Å². The van der Waals surface area contributed by atoms with E-state index in [9.17, 15) is 0 Å². The van der Waals surface area contributed by atoms with Crippen LogP contribution in [0.1, 0.15) is 43.2 Å². The third-order valence-electron chi connectivity index (χ3n) is 3.21. The van der Waals surface area contributed by atoms with E-state index in [2.05, 4.69) is 50.2 Å². The first-order chi connectivity index (χ1) is 8.74. The Balaban J connectivity index is 2.23. The minimum atomic E-state index is 0.197. The van der Waals surface area contributed by atoms with Crippen LogP contribution in [0.5, 0.6) is 0 Å². The third kappa shape index (κ3) is 3.01. The lowest BCUT2D eigenvalue weighted by Gasteiger charge is -2.06. The highest BCUT2D eigenvalue weighted by molar-refractivity contribution is 7.15. The zero-order chi connectivity index (χ0) is 13.0. The van der Waals surface area contributed by atoms with Gasteiger partial charge in [-0.25, -0.2) is 0 Å². The molecule has 1 unspecified atom stereocenters. The average Bonchev–Trinajstić information content (AvgIpc) is 2.89. The lowest BCUT2D eigenvalue weighted by atomic mass is 10.1. The molecule has 2 rings (SSSR count). The molecule has 0 spiro atoms. The van der Waals surface area contributed by atoms with Crippen molar-refractivity contribution < 1.29 is 0 Å². The van der Waals surface area contributed by atoms with E-state index in [1.807, 2.05) is 11.3 Å². The maximum Gasteiger partial charge on any atom is 0.0389 e. The first kappa shape index (κ1) is 13.3. The molecule has 1 atom stereocenters. The van der Waals surface area contributed by atoms with E-state index in [-0.39, 0.29) is 6.04 Å². The summed E-state index contributed by atoms with van der Waals surface area (Å²) in [6, 6.07) is 13.4. The van der Waals surface area contributed by atoms with Gasteiger partial charge in [0.1, 0.15) is 0 Å². The van der Waals surface area contributed by atoms with Crippen LogP contribution in [0.3, 0.4) is 0 Å². The molecule has 0 aliphatic rings. The molecule has 0 aliphatic heterocycles. The monoisotopic (exact) mass is 259 g/mol. The molecule has 1 heterocycles. The Labute approximate surface area is 114 Å². The lowest BCUT2D eigenvalue weighted by Crippen LogP contribution is -2.07. The molecule has 0 bridgehead atoms.